The van der Waals surface area contributed by atoms with Gasteiger partial charge < -0.3 is 10.2 Å². The number of nitro groups is 1. The number of carbonyl (C=O) groups is 1. The summed E-state index contributed by atoms with van der Waals surface area (Å²) in [4.78, 5) is 23.8. The van der Waals surface area contributed by atoms with Gasteiger partial charge in [-0.2, -0.15) is 0 Å². The SMILES string of the molecule is CCN(CC)C(=O)c1cc(NC)c(F)cc1[N+](=O)[O-]. The van der Waals surface area contributed by atoms with E-state index in [1.165, 1.54) is 18.0 Å². The van der Waals surface area contributed by atoms with Crippen LogP contribution in [0.4, 0.5) is 15.8 Å². The zero-order valence-electron chi connectivity index (χ0n) is 11.1. The Morgan fingerprint density at radius 2 is 2.00 bits per heavy atom. The predicted octanol–water partition coefficient (Wildman–Crippen LogP) is 2.26. The fraction of sp³-hybridized carbons (Fsp3) is 0.417. The van der Waals surface area contributed by atoms with Gasteiger partial charge in [-0.3, -0.25) is 14.9 Å². The summed E-state index contributed by atoms with van der Waals surface area (Å²) in [7, 11) is 1.48. The van der Waals surface area contributed by atoms with Gasteiger partial charge in [-0.1, -0.05) is 0 Å². The lowest BCUT2D eigenvalue weighted by atomic mass is 10.1. The molecule has 0 fully saturated rings. The van der Waals surface area contributed by atoms with Gasteiger partial charge in [-0.15, -0.1) is 0 Å². The first-order chi connectivity index (χ1) is 8.96. The number of nitrogens with one attached hydrogen (secondary N) is 1. The first-order valence-electron chi connectivity index (χ1n) is 5.91. The van der Waals surface area contributed by atoms with E-state index in [9.17, 15) is 19.3 Å². The number of hydrogen-bond acceptors (Lipinski definition) is 4. The molecule has 104 valence electrons. The predicted molar refractivity (Wildman–Crippen MR) is 69.9 cm³/mol. The lowest BCUT2D eigenvalue weighted by Gasteiger charge is -2.19. The molecule has 1 amide bonds. The van der Waals surface area contributed by atoms with Crippen molar-refractivity contribution in [1.82, 2.24) is 4.90 Å². The monoisotopic (exact) mass is 269 g/mol. The van der Waals surface area contributed by atoms with Gasteiger partial charge in [-0.05, 0) is 19.9 Å². The van der Waals surface area contributed by atoms with E-state index in [0.717, 1.165) is 6.07 Å². The van der Waals surface area contributed by atoms with Crippen molar-refractivity contribution in [2.75, 3.05) is 25.5 Å². The van der Waals surface area contributed by atoms with Crippen LogP contribution in [0.15, 0.2) is 12.1 Å². The van der Waals surface area contributed by atoms with Crippen molar-refractivity contribution in [3.05, 3.63) is 33.6 Å². The van der Waals surface area contributed by atoms with Gasteiger partial charge >= 0.3 is 0 Å². The molecular formula is C12H16FN3O3. The molecule has 0 unspecified atom stereocenters. The number of nitro benzene ring substituents is 1. The Bertz CT molecular complexity index is 501. The summed E-state index contributed by atoms with van der Waals surface area (Å²) >= 11 is 0. The summed E-state index contributed by atoms with van der Waals surface area (Å²) in [6.45, 7) is 4.41. The van der Waals surface area contributed by atoms with Crippen LogP contribution in [0, 0.1) is 15.9 Å². The Labute approximate surface area is 110 Å². The Hall–Kier alpha value is -2.18. The van der Waals surface area contributed by atoms with Crippen LogP contribution in [-0.2, 0) is 0 Å². The molecule has 0 aliphatic carbocycles. The number of benzene rings is 1. The first-order valence-corrected chi connectivity index (χ1v) is 5.91. The van der Waals surface area contributed by atoms with E-state index in [2.05, 4.69) is 5.32 Å². The van der Waals surface area contributed by atoms with E-state index in [4.69, 9.17) is 0 Å². The highest BCUT2D eigenvalue weighted by Gasteiger charge is 2.25. The second-order valence-corrected chi connectivity index (χ2v) is 3.83. The summed E-state index contributed by atoms with van der Waals surface area (Å²) in [5, 5.41) is 13.5. The molecule has 0 bridgehead atoms. The molecule has 0 spiro atoms. The zero-order valence-corrected chi connectivity index (χ0v) is 11.1. The van der Waals surface area contributed by atoms with Crippen molar-refractivity contribution in [2.45, 2.75) is 13.8 Å². The van der Waals surface area contributed by atoms with E-state index in [-0.39, 0.29) is 11.3 Å². The van der Waals surface area contributed by atoms with Crippen LogP contribution < -0.4 is 5.32 Å². The smallest absolute Gasteiger partial charge is 0.285 e. The van der Waals surface area contributed by atoms with E-state index >= 15 is 0 Å². The quantitative estimate of drug-likeness (QED) is 0.657. The molecule has 1 N–H and O–H groups in total. The van der Waals surface area contributed by atoms with Gasteiger partial charge in [0.25, 0.3) is 11.6 Å². The Morgan fingerprint density at radius 3 is 2.42 bits per heavy atom. The summed E-state index contributed by atoms with van der Waals surface area (Å²) in [5.74, 6) is -1.24. The average Bonchev–Trinajstić information content (AvgIpc) is 2.39. The highest BCUT2D eigenvalue weighted by molar-refractivity contribution is 5.99. The van der Waals surface area contributed by atoms with Crippen LogP contribution >= 0.6 is 0 Å². The van der Waals surface area contributed by atoms with Crippen molar-refractivity contribution in [1.29, 1.82) is 0 Å². The number of nitrogens with zero attached hydrogens (tertiary/aromatic N) is 2. The largest absolute Gasteiger partial charge is 0.386 e. The van der Waals surface area contributed by atoms with Gasteiger partial charge in [0.2, 0.25) is 0 Å². The molecule has 0 saturated carbocycles. The van der Waals surface area contributed by atoms with Crippen molar-refractivity contribution in [2.24, 2.45) is 0 Å². The maximum atomic E-state index is 13.5. The fourth-order valence-corrected chi connectivity index (χ4v) is 1.76. The van der Waals surface area contributed by atoms with Gasteiger partial charge in [-0.25, -0.2) is 4.39 Å². The summed E-state index contributed by atoms with van der Waals surface area (Å²) in [6.07, 6.45) is 0. The average molecular weight is 269 g/mol. The molecule has 7 heteroatoms. The highest BCUT2D eigenvalue weighted by atomic mass is 19.1. The minimum Gasteiger partial charge on any atom is -0.386 e. The first kappa shape index (κ1) is 14.9. The molecule has 6 nitrogen and oxygen atoms in total. The molecule has 1 aromatic carbocycles. The number of halogens is 1. The second kappa shape index (κ2) is 6.12. The number of amides is 1. The maximum absolute atomic E-state index is 13.5. The van der Waals surface area contributed by atoms with Gasteiger partial charge in [0.05, 0.1) is 16.7 Å². The number of anilines is 1. The molecular weight excluding hydrogens is 253 g/mol. The highest BCUT2D eigenvalue weighted by Crippen LogP contribution is 2.27. The molecule has 0 aliphatic rings. The van der Waals surface area contributed by atoms with Crippen LogP contribution in [0.25, 0.3) is 0 Å². The van der Waals surface area contributed by atoms with Crippen LogP contribution in [0.2, 0.25) is 0 Å². The van der Waals surface area contributed by atoms with Crippen molar-refractivity contribution < 1.29 is 14.1 Å². The normalized spacial score (nSPS) is 10.1. The molecule has 19 heavy (non-hydrogen) atoms. The molecule has 0 atom stereocenters. The molecule has 1 rings (SSSR count). The second-order valence-electron chi connectivity index (χ2n) is 3.83. The maximum Gasteiger partial charge on any atom is 0.285 e. The third-order valence-electron chi connectivity index (χ3n) is 2.83. The Kier molecular flexibility index (Phi) is 4.80. The lowest BCUT2D eigenvalue weighted by Crippen LogP contribution is -2.31. The summed E-state index contributed by atoms with van der Waals surface area (Å²) < 4.78 is 13.5. The van der Waals surface area contributed by atoms with Crippen molar-refractivity contribution in [3.63, 3.8) is 0 Å². The van der Waals surface area contributed by atoms with E-state index in [1.54, 1.807) is 13.8 Å². The number of rotatable bonds is 5. The lowest BCUT2D eigenvalue weighted by molar-refractivity contribution is -0.385. The van der Waals surface area contributed by atoms with Crippen LogP contribution in [0.5, 0.6) is 0 Å². The molecule has 0 radical (unpaired) electrons. The van der Waals surface area contributed by atoms with Crippen molar-refractivity contribution in [3.8, 4) is 0 Å². The van der Waals surface area contributed by atoms with E-state index in [0.29, 0.717) is 13.1 Å². The van der Waals surface area contributed by atoms with E-state index < -0.39 is 22.3 Å². The molecule has 0 heterocycles. The zero-order chi connectivity index (χ0) is 14.6. The molecule has 0 aliphatic heterocycles. The Morgan fingerprint density at radius 1 is 1.42 bits per heavy atom. The third-order valence-corrected chi connectivity index (χ3v) is 2.83. The Balaban J connectivity index is 3.38. The van der Waals surface area contributed by atoms with Crippen LogP contribution in [0.1, 0.15) is 24.2 Å². The standard InChI is InChI=1S/C12H16FN3O3/c1-4-15(5-2)12(17)8-6-10(14-3)9(13)7-11(8)16(18)19/h6-7,14H,4-5H2,1-3H3. The molecule has 0 saturated heterocycles. The minimum absolute atomic E-state index is 0.0566. The number of carbonyl (C=O) groups excluding carboxylic acids is 1. The van der Waals surface area contributed by atoms with Crippen LogP contribution in [-0.4, -0.2) is 35.9 Å². The summed E-state index contributed by atoms with van der Waals surface area (Å²) in [6, 6.07) is 1.94. The van der Waals surface area contributed by atoms with Gasteiger partial charge in [0.1, 0.15) is 5.56 Å². The number of hydrogen-bond donors (Lipinski definition) is 1. The van der Waals surface area contributed by atoms with E-state index in [1.807, 2.05) is 0 Å². The van der Waals surface area contributed by atoms with Gasteiger partial charge in [0, 0.05) is 20.1 Å². The fourth-order valence-electron chi connectivity index (χ4n) is 1.76. The molecule has 0 aromatic heterocycles. The summed E-state index contributed by atoms with van der Waals surface area (Å²) in [5.41, 5.74) is -0.575. The van der Waals surface area contributed by atoms with Crippen molar-refractivity contribution >= 4 is 17.3 Å². The minimum atomic E-state index is -0.759. The third kappa shape index (κ3) is 2.98. The van der Waals surface area contributed by atoms with Crippen LogP contribution in [0.3, 0.4) is 0 Å². The topological polar surface area (TPSA) is 75.5 Å². The van der Waals surface area contributed by atoms with Gasteiger partial charge in [0.15, 0.2) is 5.82 Å². The molecule has 1 aromatic rings.